The van der Waals surface area contributed by atoms with Crippen molar-refractivity contribution in [1.82, 2.24) is 15.6 Å². The van der Waals surface area contributed by atoms with Gasteiger partial charge < -0.3 is 15.4 Å². The van der Waals surface area contributed by atoms with E-state index >= 15 is 0 Å². The van der Waals surface area contributed by atoms with Gasteiger partial charge in [0, 0.05) is 5.57 Å². The molecule has 5 rings (SSSR count). The van der Waals surface area contributed by atoms with E-state index in [0.29, 0.717) is 0 Å². The molecule has 1 atom stereocenters. The van der Waals surface area contributed by atoms with Crippen molar-refractivity contribution in [2.24, 2.45) is 0 Å². The van der Waals surface area contributed by atoms with Crippen LogP contribution in [-0.4, -0.2) is 18.1 Å². The summed E-state index contributed by atoms with van der Waals surface area (Å²) in [5.74, 6) is 0.771. The second-order valence-corrected chi connectivity index (χ2v) is 7.98. The highest BCUT2D eigenvalue weighted by atomic mass is 32.1. The molecule has 5 nitrogen and oxygen atoms in total. The van der Waals surface area contributed by atoms with Gasteiger partial charge in [-0.3, -0.25) is 0 Å². The second kappa shape index (κ2) is 7.65. The third-order valence-electron chi connectivity index (χ3n) is 5.11. The summed E-state index contributed by atoms with van der Waals surface area (Å²) in [5, 5.41) is 6.98. The summed E-state index contributed by atoms with van der Waals surface area (Å²) in [7, 11) is 1.64. The lowest BCUT2D eigenvalue weighted by Crippen LogP contribution is -2.42. The molecule has 1 unspecified atom stereocenters. The molecule has 2 N–H and O–H groups in total. The Kier molecular flexibility index (Phi) is 4.69. The molecular formula is C24H19N3O2S. The van der Waals surface area contributed by atoms with Crippen LogP contribution >= 0.6 is 11.3 Å². The fourth-order valence-electron chi connectivity index (χ4n) is 3.66. The maximum Gasteiger partial charge on any atom is 0.320 e. The summed E-state index contributed by atoms with van der Waals surface area (Å²) >= 11 is 1.62. The van der Waals surface area contributed by atoms with Crippen molar-refractivity contribution in [3.05, 3.63) is 95.0 Å². The number of methoxy groups -OCH3 is 1. The van der Waals surface area contributed by atoms with Crippen molar-refractivity contribution < 1.29 is 9.53 Å². The standard InChI is InChI=1S/C24H19N3O2S/c1-29-17-13-11-16(12-14-17)22-20(23-25-18-9-5-6-10-19(18)30-23)21(26-24(28)27-22)15-7-3-2-4-8-15/h2-14,22H,1H3,(H2,26,27,28). The molecule has 4 aromatic rings. The predicted molar refractivity (Wildman–Crippen MR) is 120 cm³/mol. The summed E-state index contributed by atoms with van der Waals surface area (Å²) in [5.41, 5.74) is 4.59. The Bertz CT molecular complexity index is 1210. The number of fused-ring (bicyclic) bond motifs is 1. The van der Waals surface area contributed by atoms with Crippen LogP contribution in [0, 0.1) is 0 Å². The number of nitrogens with one attached hydrogen (secondary N) is 2. The molecule has 0 saturated carbocycles. The Morgan fingerprint density at radius 3 is 2.40 bits per heavy atom. The van der Waals surface area contributed by atoms with Crippen LogP contribution in [0.25, 0.3) is 21.5 Å². The number of carbonyl (C=O) groups excluding carboxylic acids is 1. The largest absolute Gasteiger partial charge is 0.497 e. The molecule has 0 saturated heterocycles. The minimum Gasteiger partial charge on any atom is -0.497 e. The molecule has 0 fully saturated rings. The van der Waals surface area contributed by atoms with Gasteiger partial charge in [0.25, 0.3) is 0 Å². The first kappa shape index (κ1) is 18.4. The molecule has 30 heavy (non-hydrogen) atoms. The van der Waals surface area contributed by atoms with Crippen molar-refractivity contribution >= 4 is 38.9 Å². The zero-order valence-corrected chi connectivity index (χ0v) is 17.1. The maximum absolute atomic E-state index is 12.6. The van der Waals surface area contributed by atoms with Gasteiger partial charge in [-0.1, -0.05) is 54.6 Å². The van der Waals surface area contributed by atoms with Crippen LogP contribution in [0.3, 0.4) is 0 Å². The summed E-state index contributed by atoms with van der Waals surface area (Å²) in [4.78, 5) is 17.5. The van der Waals surface area contributed by atoms with E-state index in [-0.39, 0.29) is 12.1 Å². The minimum atomic E-state index is -0.333. The van der Waals surface area contributed by atoms with Gasteiger partial charge in [-0.15, -0.1) is 11.3 Å². The van der Waals surface area contributed by atoms with Crippen LogP contribution in [0.1, 0.15) is 22.2 Å². The van der Waals surface area contributed by atoms with Gasteiger partial charge in [0.1, 0.15) is 10.8 Å². The molecule has 0 bridgehead atoms. The van der Waals surface area contributed by atoms with E-state index in [9.17, 15) is 4.79 Å². The third-order valence-corrected chi connectivity index (χ3v) is 6.18. The molecule has 2 heterocycles. The van der Waals surface area contributed by atoms with E-state index in [1.165, 1.54) is 0 Å². The molecule has 0 aliphatic carbocycles. The number of benzene rings is 3. The van der Waals surface area contributed by atoms with E-state index in [0.717, 1.165) is 43.4 Å². The number of hydrogen-bond acceptors (Lipinski definition) is 4. The topological polar surface area (TPSA) is 63.2 Å². The van der Waals surface area contributed by atoms with E-state index in [1.807, 2.05) is 72.8 Å². The number of ether oxygens (including phenoxy) is 1. The summed E-state index contributed by atoms with van der Waals surface area (Å²) < 4.78 is 6.41. The van der Waals surface area contributed by atoms with Crippen LogP contribution in [0.15, 0.2) is 78.9 Å². The van der Waals surface area contributed by atoms with Crippen molar-refractivity contribution in [1.29, 1.82) is 0 Å². The summed E-state index contributed by atoms with van der Waals surface area (Å²) in [6, 6.07) is 25.2. The maximum atomic E-state index is 12.6. The lowest BCUT2D eigenvalue weighted by Gasteiger charge is -2.30. The highest BCUT2D eigenvalue weighted by Gasteiger charge is 2.32. The highest BCUT2D eigenvalue weighted by molar-refractivity contribution is 7.19. The van der Waals surface area contributed by atoms with Gasteiger partial charge in [0.15, 0.2) is 0 Å². The van der Waals surface area contributed by atoms with E-state index in [2.05, 4.69) is 16.7 Å². The molecule has 1 aromatic heterocycles. The Hall–Kier alpha value is -3.64. The normalized spacial score (nSPS) is 16.3. The molecule has 148 valence electrons. The van der Waals surface area contributed by atoms with Crippen LogP contribution in [0.5, 0.6) is 5.75 Å². The number of nitrogens with zero attached hydrogens (tertiary/aromatic N) is 1. The molecule has 3 aromatic carbocycles. The van der Waals surface area contributed by atoms with E-state index in [1.54, 1.807) is 18.4 Å². The zero-order chi connectivity index (χ0) is 20.5. The fourth-order valence-corrected chi connectivity index (χ4v) is 4.71. The first-order valence-corrected chi connectivity index (χ1v) is 10.4. The van der Waals surface area contributed by atoms with Crippen LogP contribution in [0.2, 0.25) is 0 Å². The lowest BCUT2D eigenvalue weighted by molar-refractivity contribution is 0.242. The average molecular weight is 414 g/mol. The molecule has 1 aliphatic rings. The molecule has 0 radical (unpaired) electrons. The number of para-hydroxylation sites is 1. The molecule has 2 amide bonds. The monoisotopic (exact) mass is 413 g/mol. The van der Waals surface area contributed by atoms with Crippen LogP contribution in [-0.2, 0) is 0 Å². The zero-order valence-electron chi connectivity index (χ0n) is 16.3. The molecule has 1 aliphatic heterocycles. The van der Waals surface area contributed by atoms with Crippen LogP contribution in [0.4, 0.5) is 4.79 Å². The van der Waals surface area contributed by atoms with Crippen molar-refractivity contribution in [3.8, 4) is 5.75 Å². The summed E-state index contributed by atoms with van der Waals surface area (Å²) in [6.07, 6.45) is 0. The second-order valence-electron chi connectivity index (χ2n) is 6.95. The van der Waals surface area contributed by atoms with Crippen LogP contribution < -0.4 is 15.4 Å². The third kappa shape index (κ3) is 3.31. The average Bonchev–Trinajstić information content (AvgIpc) is 3.23. The number of amides is 2. The van der Waals surface area contributed by atoms with Gasteiger partial charge in [-0.25, -0.2) is 9.78 Å². The minimum absolute atomic E-state index is 0.237. The van der Waals surface area contributed by atoms with Gasteiger partial charge in [0.05, 0.1) is 29.1 Å². The number of carbonyl (C=O) groups is 1. The fraction of sp³-hybridized carbons (Fsp3) is 0.0833. The Balaban J connectivity index is 1.74. The SMILES string of the molecule is COc1ccc(C2NC(=O)NC(c3ccccc3)=C2c2nc3ccccc3s2)cc1. The Morgan fingerprint density at radius 1 is 0.933 bits per heavy atom. The van der Waals surface area contributed by atoms with Crippen molar-refractivity contribution in [2.45, 2.75) is 6.04 Å². The highest BCUT2D eigenvalue weighted by Crippen LogP contribution is 2.41. The number of aromatic nitrogens is 1. The first-order valence-electron chi connectivity index (χ1n) is 9.60. The number of rotatable bonds is 4. The number of urea groups is 1. The number of thiazole rings is 1. The lowest BCUT2D eigenvalue weighted by atomic mass is 9.93. The van der Waals surface area contributed by atoms with E-state index in [4.69, 9.17) is 9.72 Å². The molecular weight excluding hydrogens is 394 g/mol. The van der Waals surface area contributed by atoms with Gasteiger partial charge in [-0.2, -0.15) is 0 Å². The smallest absolute Gasteiger partial charge is 0.320 e. The van der Waals surface area contributed by atoms with Crippen molar-refractivity contribution in [3.63, 3.8) is 0 Å². The quantitative estimate of drug-likeness (QED) is 0.482. The van der Waals surface area contributed by atoms with Gasteiger partial charge >= 0.3 is 6.03 Å². The predicted octanol–water partition coefficient (Wildman–Crippen LogP) is 5.23. The Morgan fingerprint density at radius 2 is 1.67 bits per heavy atom. The number of hydrogen-bond donors (Lipinski definition) is 2. The summed E-state index contributed by atoms with van der Waals surface area (Å²) in [6.45, 7) is 0. The van der Waals surface area contributed by atoms with E-state index < -0.39 is 0 Å². The van der Waals surface area contributed by atoms with Crippen molar-refractivity contribution in [2.75, 3.05) is 7.11 Å². The molecule has 0 spiro atoms. The Labute approximate surface area is 178 Å². The van der Waals surface area contributed by atoms with Gasteiger partial charge in [-0.05, 0) is 35.4 Å². The molecule has 6 heteroatoms. The van der Waals surface area contributed by atoms with Gasteiger partial charge in [0.2, 0.25) is 0 Å². The first-order chi connectivity index (χ1) is 14.7.